The van der Waals surface area contributed by atoms with E-state index in [-0.39, 0.29) is 0 Å². The molecular weight excluding hydrogens is 321 g/mol. The standard InChI is InChI=1S/C17H21F3N2S/c1-21(2)9-10-22(13-15-7-5-11-23-15)12-14-6-3-4-8-16(14)17(18,19)20/h3-8,11H,9-10,12-13H2,1-2H3. The summed E-state index contributed by atoms with van der Waals surface area (Å²) in [6, 6.07) is 9.82. The topological polar surface area (TPSA) is 6.48 Å². The summed E-state index contributed by atoms with van der Waals surface area (Å²) in [6.45, 7) is 2.48. The molecule has 6 heteroatoms. The Balaban J connectivity index is 2.16. The Labute approximate surface area is 139 Å². The highest BCUT2D eigenvalue weighted by atomic mass is 32.1. The Hall–Kier alpha value is -1.37. The van der Waals surface area contributed by atoms with Gasteiger partial charge in [0.25, 0.3) is 0 Å². The third-order valence-corrected chi connectivity index (χ3v) is 4.40. The second-order valence-electron chi connectivity index (χ2n) is 5.75. The SMILES string of the molecule is CN(C)CCN(Cc1cccs1)Cc1ccccc1C(F)(F)F. The minimum Gasteiger partial charge on any atom is -0.308 e. The molecule has 2 rings (SSSR count). The molecule has 0 spiro atoms. The number of thiophene rings is 1. The molecule has 0 aliphatic heterocycles. The lowest BCUT2D eigenvalue weighted by atomic mass is 10.1. The summed E-state index contributed by atoms with van der Waals surface area (Å²) in [4.78, 5) is 5.27. The van der Waals surface area contributed by atoms with E-state index in [9.17, 15) is 13.2 Å². The Morgan fingerprint density at radius 2 is 1.70 bits per heavy atom. The smallest absolute Gasteiger partial charge is 0.308 e. The van der Waals surface area contributed by atoms with Crippen LogP contribution in [0.1, 0.15) is 16.0 Å². The summed E-state index contributed by atoms with van der Waals surface area (Å²) in [5.41, 5.74) is -0.212. The van der Waals surface area contributed by atoms with Gasteiger partial charge in [0, 0.05) is 31.1 Å². The van der Waals surface area contributed by atoms with Crippen molar-refractivity contribution in [3.05, 3.63) is 57.8 Å². The van der Waals surface area contributed by atoms with Gasteiger partial charge in [-0.2, -0.15) is 13.2 Å². The molecule has 0 unspecified atom stereocenters. The molecule has 126 valence electrons. The summed E-state index contributed by atoms with van der Waals surface area (Å²) in [5, 5.41) is 1.99. The van der Waals surface area contributed by atoms with Crippen LogP contribution in [0.3, 0.4) is 0 Å². The molecule has 0 N–H and O–H groups in total. The van der Waals surface area contributed by atoms with Crippen molar-refractivity contribution in [3.8, 4) is 0 Å². The summed E-state index contributed by atoms with van der Waals surface area (Å²) in [7, 11) is 3.93. The van der Waals surface area contributed by atoms with E-state index in [1.54, 1.807) is 23.5 Å². The van der Waals surface area contributed by atoms with Gasteiger partial charge in [-0.1, -0.05) is 24.3 Å². The average molecular weight is 342 g/mol. The van der Waals surface area contributed by atoms with Gasteiger partial charge in [0.15, 0.2) is 0 Å². The molecule has 0 saturated carbocycles. The van der Waals surface area contributed by atoms with Crippen molar-refractivity contribution in [2.24, 2.45) is 0 Å². The molecule has 1 aromatic heterocycles. The maximum Gasteiger partial charge on any atom is 0.416 e. The highest BCUT2D eigenvalue weighted by molar-refractivity contribution is 7.09. The number of rotatable bonds is 7. The van der Waals surface area contributed by atoms with Crippen LogP contribution in [-0.4, -0.2) is 37.0 Å². The molecule has 0 aliphatic carbocycles. The zero-order chi connectivity index (χ0) is 16.9. The lowest BCUT2D eigenvalue weighted by Crippen LogP contribution is -2.31. The minimum absolute atomic E-state index is 0.293. The molecule has 2 nitrogen and oxygen atoms in total. The molecule has 0 bridgehead atoms. The Morgan fingerprint density at radius 3 is 2.30 bits per heavy atom. The van der Waals surface area contributed by atoms with E-state index >= 15 is 0 Å². The van der Waals surface area contributed by atoms with E-state index in [0.29, 0.717) is 18.7 Å². The highest BCUT2D eigenvalue weighted by Crippen LogP contribution is 2.32. The highest BCUT2D eigenvalue weighted by Gasteiger charge is 2.33. The van der Waals surface area contributed by atoms with Gasteiger partial charge < -0.3 is 4.90 Å². The maximum atomic E-state index is 13.2. The predicted octanol–water partition coefficient (Wildman–Crippen LogP) is 4.33. The molecule has 2 aromatic rings. The molecule has 0 saturated heterocycles. The number of nitrogens with zero attached hydrogens (tertiary/aromatic N) is 2. The van der Waals surface area contributed by atoms with Crippen LogP contribution in [0.4, 0.5) is 13.2 Å². The van der Waals surface area contributed by atoms with Gasteiger partial charge >= 0.3 is 6.18 Å². The first-order valence-corrected chi connectivity index (χ1v) is 8.29. The number of hydrogen-bond donors (Lipinski definition) is 0. The van der Waals surface area contributed by atoms with Crippen molar-refractivity contribution < 1.29 is 13.2 Å². The first kappa shape index (κ1) is 18.0. The average Bonchev–Trinajstić information content (AvgIpc) is 2.97. The Morgan fingerprint density at radius 1 is 0.957 bits per heavy atom. The second-order valence-corrected chi connectivity index (χ2v) is 6.78. The van der Waals surface area contributed by atoms with Gasteiger partial charge in [-0.15, -0.1) is 11.3 Å². The Bertz CT molecular complexity index is 594. The molecule has 1 heterocycles. The lowest BCUT2D eigenvalue weighted by molar-refractivity contribution is -0.138. The zero-order valence-corrected chi connectivity index (χ0v) is 14.1. The van der Waals surface area contributed by atoms with Gasteiger partial charge in [0.1, 0.15) is 0 Å². The molecule has 1 aromatic carbocycles. The van der Waals surface area contributed by atoms with Crippen LogP contribution in [0.15, 0.2) is 41.8 Å². The fourth-order valence-corrected chi connectivity index (χ4v) is 3.10. The summed E-state index contributed by atoms with van der Waals surface area (Å²) in [5.74, 6) is 0. The van der Waals surface area contributed by atoms with Crippen molar-refractivity contribution in [2.75, 3.05) is 27.2 Å². The van der Waals surface area contributed by atoms with Gasteiger partial charge in [-0.3, -0.25) is 4.90 Å². The van der Waals surface area contributed by atoms with Crippen LogP contribution in [0, 0.1) is 0 Å². The molecule has 0 fully saturated rings. The monoisotopic (exact) mass is 342 g/mol. The minimum atomic E-state index is -4.31. The van der Waals surface area contributed by atoms with Crippen LogP contribution < -0.4 is 0 Å². The van der Waals surface area contributed by atoms with Crippen LogP contribution in [0.5, 0.6) is 0 Å². The molecule has 0 aliphatic rings. The van der Waals surface area contributed by atoms with Crippen molar-refractivity contribution >= 4 is 11.3 Å². The van der Waals surface area contributed by atoms with Gasteiger partial charge in [-0.05, 0) is 37.2 Å². The fourth-order valence-electron chi connectivity index (χ4n) is 2.35. The third kappa shape index (κ3) is 5.64. The van der Waals surface area contributed by atoms with Crippen LogP contribution >= 0.6 is 11.3 Å². The van der Waals surface area contributed by atoms with E-state index in [1.165, 1.54) is 6.07 Å². The number of alkyl halides is 3. The van der Waals surface area contributed by atoms with E-state index < -0.39 is 11.7 Å². The largest absolute Gasteiger partial charge is 0.416 e. The summed E-state index contributed by atoms with van der Waals surface area (Å²) < 4.78 is 39.5. The first-order chi connectivity index (χ1) is 10.9. The molecule has 23 heavy (non-hydrogen) atoms. The molecule has 0 radical (unpaired) electrons. The van der Waals surface area contributed by atoms with E-state index in [2.05, 4.69) is 4.90 Å². The second kappa shape index (κ2) is 7.95. The van der Waals surface area contributed by atoms with Crippen molar-refractivity contribution in [3.63, 3.8) is 0 Å². The van der Waals surface area contributed by atoms with E-state index in [4.69, 9.17) is 0 Å². The maximum absolute atomic E-state index is 13.2. The van der Waals surface area contributed by atoms with Gasteiger partial charge in [-0.25, -0.2) is 0 Å². The molecular formula is C17H21F3N2S. The molecule has 0 atom stereocenters. The quantitative estimate of drug-likeness (QED) is 0.739. The fraction of sp³-hybridized carbons (Fsp3) is 0.412. The van der Waals surface area contributed by atoms with Crippen LogP contribution in [0.25, 0.3) is 0 Å². The van der Waals surface area contributed by atoms with Crippen molar-refractivity contribution in [1.29, 1.82) is 0 Å². The van der Waals surface area contributed by atoms with Crippen molar-refractivity contribution in [2.45, 2.75) is 19.3 Å². The van der Waals surface area contributed by atoms with Crippen LogP contribution in [0.2, 0.25) is 0 Å². The summed E-state index contributed by atoms with van der Waals surface area (Å²) in [6.07, 6.45) is -4.31. The third-order valence-electron chi connectivity index (χ3n) is 3.54. The van der Waals surface area contributed by atoms with E-state index in [1.807, 2.05) is 36.5 Å². The summed E-state index contributed by atoms with van der Waals surface area (Å²) >= 11 is 1.63. The number of hydrogen-bond acceptors (Lipinski definition) is 3. The van der Waals surface area contributed by atoms with Crippen molar-refractivity contribution in [1.82, 2.24) is 9.80 Å². The predicted molar refractivity (Wildman–Crippen MR) is 88.4 cm³/mol. The Kier molecular flexibility index (Phi) is 6.21. The normalized spacial score (nSPS) is 12.3. The van der Waals surface area contributed by atoms with Crippen LogP contribution in [-0.2, 0) is 19.3 Å². The van der Waals surface area contributed by atoms with E-state index in [0.717, 1.165) is 24.0 Å². The zero-order valence-electron chi connectivity index (χ0n) is 13.3. The number of likely N-dealkylation sites (N-methyl/N-ethyl adjacent to an activating group) is 1. The molecule has 0 amide bonds. The first-order valence-electron chi connectivity index (χ1n) is 7.41. The van der Waals surface area contributed by atoms with Gasteiger partial charge in [0.2, 0.25) is 0 Å². The van der Waals surface area contributed by atoms with Gasteiger partial charge in [0.05, 0.1) is 5.56 Å². The number of benzene rings is 1. The number of halogens is 3. The lowest BCUT2D eigenvalue weighted by Gasteiger charge is -2.25.